The lowest BCUT2D eigenvalue weighted by atomic mass is 10.1. The summed E-state index contributed by atoms with van der Waals surface area (Å²) in [7, 11) is -4.10. The third kappa shape index (κ3) is 7.53. The Labute approximate surface area is 240 Å². The van der Waals surface area contributed by atoms with E-state index in [1.165, 1.54) is 17.0 Å². The molecule has 0 aliphatic carbocycles. The molecule has 0 fully saturated rings. The Morgan fingerprint density at radius 1 is 0.872 bits per heavy atom. The van der Waals surface area contributed by atoms with Crippen LogP contribution in [0.3, 0.4) is 0 Å². The van der Waals surface area contributed by atoms with E-state index in [-0.39, 0.29) is 17.3 Å². The Hall–Kier alpha value is -3.07. The van der Waals surface area contributed by atoms with Gasteiger partial charge in [-0.25, -0.2) is 8.42 Å². The van der Waals surface area contributed by atoms with E-state index < -0.39 is 28.5 Å². The first-order valence-electron chi connectivity index (χ1n) is 12.8. The summed E-state index contributed by atoms with van der Waals surface area (Å²) in [6.07, 6.45) is 1.11. The van der Waals surface area contributed by atoms with Crippen LogP contribution in [0.5, 0.6) is 0 Å². The number of likely N-dealkylation sites (N-methyl/N-ethyl adjacent to an activating group) is 1. The van der Waals surface area contributed by atoms with Gasteiger partial charge in [0.1, 0.15) is 12.6 Å². The molecule has 208 valence electrons. The molecule has 0 aliphatic heterocycles. The highest BCUT2D eigenvalue weighted by atomic mass is 35.5. The van der Waals surface area contributed by atoms with Crippen LogP contribution in [0.4, 0.5) is 5.69 Å². The number of nitrogens with one attached hydrogen (secondary N) is 1. The molecule has 0 radical (unpaired) electrons. The zero-order chi connectivity index (χ0) is 28.6. The van der Waals surface area contributed by atoms with Crippen molar-refractivity contribution in [3.63, 3.8) is 0 Å². The molecule has 0 heterocycles. The lowest BCUT2D eigenvalue weighted by molar-refractivity contribution is -0.140. The third-order valence-corrected chi connectivity index (χ3v) is 8.84. The van der Waals surface area contributed by atoms with Crippen LogP contribution in [-0.4, -0.2) is 44.3 Å². The molecule has 0 saturated heterocycles. The Morgan fingerprint density at radius 2 is 1.51 bits per heavy atom. The number of carbonyl (C=O) groups excluding carboxylic acids is 2. The fraction of sp³-hybridized carbons (Fsp3) is 0.310. The number of sulfonamides is 1. The summed E-state index contributed by atoms with van der Waals surface area (Å²) >= 11 is 12.3. The van der Waals surface area contributed by atoms with Gasteiger partial charge >= 0.3 is 0 Å². The molecule has 0 saturated carbocycles. The summed E-state index contributed by atoms with van der Waals surface area (Å²) in [6.45, 7) is 5.53. The number of benzene rings is 3. The number of halogens is 2. The highest BCUT2D eigenvalue weighted by Crippen LogP contribution is 2.27. The lowest BCUT2D eigenvalue weighted by Crippen LogP contribution is -2.52. The first kappa shape index (κ1) is 30.5. The van der Waals surface area contributed by atoms with Crippen molar-refractivity contribution in [2.45, 2.75) is 51.1 Å². The minimum atomic E-state index is -4.10. The molecule has 0 spiro atoms. The fourth-order valence-corrected chi connectivity index (χ4v) is 5.95. The molecule has 3 aromatic carbocycles. The van der Waals surface area contributed by atoms with Gasteiger partial charge in [-0.15, -0.1) is 0 Å². The number of rotatable bonds is 12. The van der Waals surface area contributed by atoms with E-state index in [0.717, 1.165) is 16.3 Å². The van der Waals surface area contributed by atoms with Crippen LogP contribution in [0.15, 0.2) is 77.7 Å². The van der Waals surface area contributed by atoms with Crippen molar-refractivity contribution in [1.29, 1.82) is 0 Å². The standard InChI is InChI=1S/C29H33Cl2N3O4S/c1-4-21-12-15-23(16-13-21)34(39(37,38)24-10-8-7-9-11-24)20-28(35)33(27(5-2)29(36)32-6-3)19-22-14-17-25(30)26(31)18-22/h7-18,27H,4-6,19-20H2,1-3H3,(H,32,36)/t27-/m1/s1. The lowest BCUT2D eigenvalue weighted by Gasteiger charge is -2.33. The van der Waals surface area contributed by atoms with Crippen molar-refractivity contribution in [1.82, 2.24) is 10.2 Å². The van der Waals surface area contributed by atoms with Gasteiger partial charge in [-0.05, 0) is 67.3 Å². The summed E-state index contributed by atoms with van der Waals surface area (Å²) in [5.74, 6) is -0.851. The van der Waals surface area contributed by atoms with Crippen LogP contribution >= 0.6 is 23.2 Å². The second kappa shape index (κ2) is 13.8. The largest absolute Gasteiger partial charge is 0.355 e. The van der Waals surface area contributed by atoms with Crippen molar-refractivity contribution in [2.24, 2.45) is 0 Å². The Kier molecular flexibility index (Phi) is 10.8. The second-order valence-electron chi connectivity index (χ2n) is 8.93. The monoisotopic (exact) mass is 589 g/mol. The van der Waals surface area contributed by atoms with Gasteiger partial charge in [0.05, 0.1) is 20.6 Å². The van der Waals surface area contributed by atoms with Crippen LogP contribution in [0, 0.1) is 0 Å². The molecule has 1 N–H and O–H groups in total. The Bertz CT molecular complexity index is 1380. The van der Waals surface area contributed by atoms with Crippen molar-refractivity contribution in [3.05, 3.63) is 94.0 Å². The number of nitrogens with zero attached hydrogens (tertiary/aromatic N) is 2. The molecule has 0 unspecified atom stereocenters. The maximum absolute atomic E-state index is 14.0. The third-order valence-electron chi connectivity index (χ3n) is 6.32. The van der Waals surface area contributed by atoms with Crippen LogP contribution in [0.1, 0.15) is 38.3 Å². The molecule has 1 atom stereocenters. The first-order valence-corrected chi connectivity index (χ1v) is 15.0. The van der Waals surface area contributed by atoms with Crippen molar-refractivity contribution in [2.75, 3.05) is 17.4 Å². The van der Waals surface area contributed by atoms with E-state index >= 15 is 0 Å². The summed E-state index contributed by atoms with van der Waals surface area (Å²) in [4.78, 5) is 28.4. The molecule has 2 amide bonds. The maximum atomic E-state index is 14.0. The van der Waals surface area contributed by atoms with Gasteiger partial charge in [0, 0.05) is 13.1 Å². The van der Waals surface area contributed by atoms with Gasteiger partial charge in [0.25, 0.3) is 10.0 Å². The molecule has 39 heavy (non-hydrogen) atoms. The Morgan fingerprint density at radius 3 is 2.08 bits per heavy atom. The number of aryl methyl sites for hydroxylation is 1. The molecule has 0 aromatic heterocycles. The smallest absolute Gasteiger partial charge is 0.264 e. The van der Waals surface area contributed by atoms with Gasteiger partial charge in [0.15, 0.2) is 0 Å². The van der Waals surface area contributed by atoms with Gasteiger partial charge < -0.3 is 10.2 Å². The summed E-state index contributed by atoms with van der Waals surface area (Å²) in [6, 6.07) is 19.2. The van der Waals surface area contributed by atoms with Crippen molar-refractivity contribution < 1.29 is 18.0 Å². The minimum absolute atomic E-state index is 0.0410. The maximum Gasteiger partial charge on any atom is 0.264 e. The number of anilines is 1. The highest BCUT2D eigenvalue weighted by molar-refractivity contribution is 7.92. The molecular weight excluding hydrogens is 557 g/mol. The fourth-order valence-electron chi connectivity index (χ4n) is 4.19. The van der Waals surface area contributed by atoms with E-state index in [1.807, 2.05) is 19.1 Å². The second-order valence-corrected chi connectivity index (χ2v) is 11.6. The molecule has 0 bridgehead atoms. The van der Waals surface area contributed by atoms with E-state index in [9.17, 15) is 18.0 Å². The van der Waals surface area contributed by atoms with Crippen LogP contribution in [0.2, 0.25) is 10.0 Å². The van der Waals surface area contributed by atoms with Gasteiger partial charge in [-0.2, -0.15) is 0 Å². The molecule has 7 nitrogen and oxygen atoms in total. The van der Waals surface area contributed by atoms with Crippen LogP contribution in [-0.2, 0) is 32.6 Å². The average molecular weight is 591 g/mol. The normalized spacial score (nSPS) is 12.0. The van der Waals surface area contributed by atoms with E-state index in [2.05, 4.69) is 5.32 Å². The number of hydrogen-bond donors (Lipinski definition) is 1. The predicted molar refractivity (Wildman–Crippen MR) is 157 cm³/mol. The summed E-state index contributed by atoms with van der Waals surface area (Å²) < 4.78 is 28.7. The number of amides is 2. The zero-order valence-corrected chi connectivity index (χ0v) is 24.6. The Balaban J connectivity index is 2.06. The van der Waals surface area contributed by atoms with E-state index in [4.69, 9.17) is 23.2 Å². The van der Waals surface area contributed by atoms with Crippen LogP contribution < -0.4 is 9.62 Å². The molecule has 10 heteroatoms. The van der Waals surface area contributed by atoms with Gasteiger partial charge in [0.2, 0.25) is 11.8 Å². The zero-order valence-electron chi connectivity index (χ0n) is 22.2. The van der Waals surface area contributed by atoms with Gasteiger partial charge in [-0.1, -0.05) is 73.4 Å². The van der Waals surface area contributed by atoms with Crippen molar-refractivity contribution >= 4 is 50.7 Å². The van der Waals surface area contributed by atoms with Gasteiger partial charge in [-0.3, -0.25) is 13.9 Å². The van der Waals surface area contributed by atoms with E-state index in [1.54, 1.807) is 62.4 Å². The average Bonchev–Trinajstić information content (AvgIpc) is 2.94. The minimum Gasteiger partial charge on any atom is -0.355 e. The summed E-state index contributed by atoms with van der Waals surface area (Å²) in [5, 5.41) is 3.46. The molecule has 3 aromatic rings. The number of hydrogen-bond acceptors (Lipinski definition) is 4. The summed E-state index contributed by atoms with van der Waals surface area (Å²) in [5.41, 5.74) is 2.04. The SMILES string of the molecule is CCNC(=O)[C@@H](CC)N(Cc1ccc(Cl)c(Cl)c1)C(=O)CN(c1ccc(CC)cc1)S(=O)(=O)c1ccccc1. The molecule has 3 rings (SSSR count). The molecule has 0 aliphatic rings. The predicted octanol–water partition coefficient (Wildman–Crippen LogP) is 5.69. The molecular formula is C29H33Cl2N3O4S. The van der Waals surface area contributed by atoms with Crippen molar-refractivity contribution in [3.8, 4) is 0 Å². The topological polar surface area (TPSA) is 86.8 Å². The van der Waals surface area contributed by atoms with Crippen LogP contribution in [0.25, 0.3) is 0 Å². The first-order chi connectivity index (χ1) is 18.6. The quantitative estimate of drug-likeness (QED) is 0.294. The number of carbonyl (C=O) groups is 2. The highest BCUT2D eigenvalue weighted by Gasteiger charge is 2.33. The van der Waals surface area contributed by atoms with E-state index in [0.29, 0.717) is 34.3 Å².